The molecule has 0 saturated carbocycles. The van der Waals surface area contributed by atoms with E-state index in [0.717, 1.165) is 6.42 Å². The van der Waals surface area contributed by atoms with E-state index in [1.165, 1.54) is 19.3 Å². The largest absolute Gasteiger partial charge is 0.103 e. The van der Waals surface area contributed by atoms with Gasteiger partial charge in [0.1, 0.15) is 0 Å². The van der Waals surface area contributed by atoms with Crippen LogP contribution in [0.2, 0.25) is 0 Å². The summed E-state index contributed by atoms with van der Waals surface area (Å²) < 4.78 is 0. The molecule has 0 fully saturated rings. The van der Waals surface area contributed by atoms with Gasteiger partial charge in [-0.2, -0.15) is 0 Å². The van der Waals surface area contributed by atoms with Crippen molar-refractivity contribution in [3.8, 4) is 0 Å². The van der Waals surface area contributed by atoms with Gasteiger partial charge in [-0.25, -0.2) is 0 Å². The fourth-order valence-corrected chi connectivity index (χ4v) is 1.20. The summed E-state index contributed by atoms with van der Waals surface area (Å²) in [4.78, 5) is 0. The smallest absolute Gasteiger partial charge is 0.0236 e. The van der Waals surface area contributed by atoms with E-state index in [0.29, 0.717) is 11.8 Å². The van der Waals surface area contributed by atoms with Crippen LogP contribution in [0.3, 0.4) is 0 Å². The third-order valence-electron chi connectivity index (χ3n) is 2.34. The Kier molecular flexibility index (Phi) is 6.84. The van der Waals surface area contributed by atoms with E-state index in [9.17, 15) is 0 Å². The lowest BCUT2D eigenvalue weighted by atomic mass is 9.96. The normalized spacial score (nSPS) is 15.2. The fraction of sp³-hybridized carbons (Fsp3) is 0.583. The van der Waals surface area contributed by atoms with Gasteiger partial charge < -0.3 is 0 Å². The minimum absolute atomic E-state index is 0.613. The van der Waals surface area contributed by atoms with E-state index in [-0.39, 0.29) is 0 Å². The molecule has 0 aliphatic carbocycles. The first-order chi connectivity index (χ1) is 5.74. The van der Waals surface area contributed by atoms with Crippen LogP contribution < -0.4 is 0 Å². The van der Waals surface area contributed by atoms with Crippen molar-refractivity contribution in [2.24, 2.45) is 11.8 Å². The van der Waals surface area contributed by atoms with Crippen molar-refractivity contribution in [1.82, 2.24) is 0 Å². The summed E-state index contributed by atoms with van der Waals surface area (Å²) in [6.07, 6.45) is 8.75. The average molecular weight is 165 g/mol. The standard InChI is InChI=1S/C12H21/c1-5-11(4)9-8-10-12(6-2)7-3/h5-6,11-12H,1-3,7-10H2,4H3. The van der Waals surface area contributed by atoms with Gasteiger partial charge in [0.25, 0.3) is 0 Å². The van der Waals surface area contributed by atoms with Gasteiger partial charge in [-0.15, -0.1) is 13.2 Å². The van der Waals surface area contributed by atoms with Crippen LogP contribution >= 0.6 is 0 Å². The molecule has 0 aromatic heterocycles. The molecule has 0 amide bonds. The van der Waals surface area contributed by atoms with Crippen LogP contribution in [-0.2, 0) is 0 Å². The molecule has 0 aliphatic rings. The quantitative estimate of drug-likeness (QED) is 0.500. The summed E-state index contributed by atoms with van der Waals surface area (Å²) in [5, 5.41) is 0. The molecule has 0 aromatic carbocycles. The van der Waals surface area contributed by atoms with Crippen molar-refractivity contribution in [3.05, 3.63) is 32.2 Å². The highest BCUT2D eigenvalue weighted by atomic mass is 14.1. The van der Waals surface area contributed by atoms with Crippen LogP contribution in [0.25, 0.3) is 0 Å². The van der Waals surface area contributed by atoms with Gasteiger partial charge in [0.2, 0.25) is 0 Å². The molecule has 0 heterocycles. The molecule has 0 nitrogen and oxygen atoms in total. The Bertz CT molecular complexity index is 124. The highest BCUT2D eigenvalue weighted by molar-refractivity contribution is 4.81. The lowest BCUT2D eigenvalue weighted by Gasteiger charge is -2.10. The van der Waals surface area contributed by atoms with Gasteiger partial charge in [-0.05, 0) is 31.1 Å². The zero-order valence-electron chi connectivity index (χ0n) is 8.26. The van der Waals surface area contributed by atoms with Crippen LogP contribution in [0, 0.1) is 18.8 Å². The SMILES string of the molecule is [CH2]CC(C=C)CCCC(C)C=C. The predicted molar refractivity (Wildman–Crippen MR) is 56.9 cm³/mol. The third-order valence-corrected chi connectivity index (χ3v) is 2.34. The van der Waals surface area contributed by atoms with Crippen molar-refractivity contribution in [2.75, 3.05) is 0 Å². The van der Waals surface area contributed by atoms with Gasteiger partial charge in [0.15, 0.2) is 0 Å². The van der Waals surface area contributed by atoms with E-state index < -0.39 is 0 Å². The molecule has 2 atom stereocenters. The first-order valence-electron chi connectivity index (χ1n) is 4.79. The summed E-state index contributed by atoms with van der Waals surface area (Å²) in [6, 6.07) is 0. The molecule has 0 spiro atoms. The molecular weight excluding hydrogens is 144 g/mol. The number of allylic oxidation sites excluding steroid dienone is 2. The van der Waals surface area contributed by atoms with E-state index in [4.69, 9.17) is 0 Å². The molecule has 69 valence electrons. The van der Waals surface area contributed by atoms with Crippen LogP contribution in [0.5, 0.6) is 0 Å². The van der Waals surface area contributed by atoms with E-state index >= 15 is 0 Å². The third kappa shape index (κ3) is 5.17. The molecule has 12 heavy (non-hydrogen) atoms. The van der Waals surface area contributed by atoms with Gasteiger partial charge in [0, 0.05) is 0 Å². The molecule has 0 heteroatoms. The van der Waals surface area contributed by atoms with Gasteiger partial charge >= 0.3 is 0 Å². The van der Waals surface area contributed by atoms with Crippen LogP contribution in [0.1, 0.15) is 32.6 Å². The van der Waals surface area contributed by atoms with Crippen molar-refractivity contribution in [2.45, 2.75) is 32.6 Å². The maximum atomic E-state index is 3.88. The van der Waals surface area contributed by atoms with Crippen molar-refractivity contribution >= 4 is 0 Å². The number of hydrogen-bond donors (Lipinski definition) is 0. The van der Waals surface area contributed by atoms with Crippen LogP contribution in [0.4, 0.5) is 0 Å². The van der Waals surface area contributed by atoms with E-state index in [1.54, 1.807) is 0 Å². The molecule has 0 saturated heterocycles. The molecule has 0 bridgehead atoms. The van der Waals surface area contributed by atoms with Crippen LogP contribution in [0.15, 0.2) is 25.3 Å². The minimum atomic E-state index is 0.613. The summed E-state index contributed by atoms with van der Waals surface area (Å²) in [7, 11) is 0. The lowest BCUT2D eigenvalue weighted by Crippen LogP contribution is -1.96. The Morgan fingerprint density at radius 1 is 1.17 bits per heavy atom. The van der Waals surface area contributed by atoms with Crippen molar-refractivity contribution in [3.63, 3.8) is 0 Å². The van der Waals surface area contributed by atoms with Gasteiger partial charge in [-0.1, -0.05) is 32.4 Å². The topological polar surface area (TPSA) is 0 Å². The fourth-order valence-electron chi connectivity index (χ4n) is 1.20. The maximum absolute atomic E-state index is 3.88. The van der Waals surface area contributed by atoms with E-state index in [2.05, 4.69) is 27.0 Å². The summed E-state index contributed by atoms with van der Waals surface area (Å²) in [5.41, 5.74) is 0. The Morgan fingerprint density at radius 3 is 2.25 bits per heavy atom. The lowest BCUT2D eigenvalue weighted by molar-refractivity contribution is 0.510. The molecule has 0 N–H and O–H groups in total. The Labute approximate surface area is 77.4 Å². The van der Waals surface area contributed by atoms with Crippen molar-refractivity contribution in [1.29, 1.82) is 0 Å². The van der Waals surface area contributed by atoms with Gasteiger partial charge in [-0.3, -0.25) is 0 Å². The minimum Gasteiger partial charge on any atom is -0.103 e. The van der Waals surface area contributed by atoms with E-state index in [1.807, 2.05) is 12.2 Å². The Morgan fingerprint density at radius 2 is 1.83 bits per heavy atom. The molecule has 2 unspecified atom stereocenters. The molecule has 0 rings (SSSR count). The number of rotatable bonds is 7. The van der Waals surface area contributed by atoms with Gasteiger partial charge in [0.05, 0.1) is 0 Å². The first kappa shape index (κ1) is 11.5. The zero-order chi connectivity index (χ0) is 9.40. The second-order valence-corrected chi connectivity index (χ2v) is 3.43. The Hall–Kier alpha value is -0.520. The predicted octanol–water partition coefficient (Wildman–Crippen LogP) is 4.01. The molecule has 1 radical (unpaired) electrons. The zero-order valence-corrected chi connectivity index (χ0v) is 8.26. The summed E-state index contributed by atoms with van der Waals surface area (Å²) in [5.74, 6) is 1.27. The highest BCUT2D eigenvalue weighted by Gasteiger charge is 2.01. The summed E-state index contributed by atoms with van der Waals surface area (Å²) in [6.45, 7) is 13.6. The molecule has 0 aromatic rings. The Balaban J connectivity index is 3.40. The molecular formula is C12H21. The van der Waals surface area contributed by atoms with Crippen LogP contribution in [-0.4, -0.2) is 0 Å². The molecule has 0 aliphatic heterocycles. The second-order valence-electron chi connectivity index (χ2n) is 3.43. The summed E-state index contributed by atoms with van der Waals surface area (Å²) >= 11 is 0. The second kappa shape index (κ2) is 7.15. The highest BCUT2D eigenvalue weighted by Crippen LogP contribution is 2.16. The monoisotopic (exact) mass is 165 g/mol. The number of hydrogen-bond acceptors (Lipinski definition) is 0. The van der Waals surface area contributed by atoms with Crippen molar-refractivity contribution < 1.29 is 0 Å². The average Bonchev–Trinajstić information content (AvgIpc) is 2.12. The first-order valence-corrected chi connectivity index (χ1v) is 4.79. The maximum Gasteiger partial charge on any atom is -0.0236 e.